The number of hydrogen-bond donors (Lipinski definition) is 2. The summed E-state index contributed by atoms with van der Waals surface area (Å²) in [6.07, 6.45) is 5.92. The number of aromatic nitrogens is 1. The van der Waals surface area contributed by atoms with Crippen LogP contribution in [-0.2, 0) is 20.5 Å². The number of benzene rings is 2. The molecule has 4 N–H and O–H groups in total. The maximum Gasteiger partial charge on any atom is 0.433 e. The first kappa shape index (κ1) is 30.4. The highest BCUT2D eigenvalue weighted by atomic mass is 19.4. The number of halogens is 3. The van der Waals surface area contributed by atoms with Gasteiger partial charge in [-0.3, -0.25) is 9.59 Å². The van der Waals surface area contributed by atoms with Crippen LogP contribution >= 0.6 is 0 Å². The van der Waals surface area contributed by atoms with Crippen molar-refractivity contribution in [2.75, 3.05) is 12.8 Å². The molecule has 7 nitrogen and oxygen atoms in total. The van der Waals surface area contributed by atoms with E-state index in [-0.39, 0.29) is 29.7 Å². The van der Waals surface area contributed by atoms with Gasteiger partial charge in [-0.25, -0.2) is 4.98 Å². The molecule has 1 aromatic heterocycles. The molecule has 1 aliphatic heterocycles. The number of fused-ring (bicyclic) bond motifs is 1. The number of cyclic esters (lactones) is 1. The van der Waals surface area contributed by atoms with Crippen molar-refractivity contribution in [3.63, 3.8) is 0 Å². The molecular formula is C28H34F3N3O4. The second-order valence-corrected chi connectivity index (χ2v) is 8.63. The molecule has 2 aromatic carbocycles. The minimum Gasteiger partial charge on any atom is -0.496 e. The van der Waals surface area contributed by atoms with Crippen molar-refractivity contribution in [3.05, 3.63) is 65.9 Å². The van der Waals surface area contributed by atoms with Crippen LogP contribution in [0.15, 0.2) is 54.6 Å². The number of nitrogens with two attached hydrogens (primary N) is 2. The maximum atomic E-state index is 12.4. The summed E-state index contributed by atoms with van der Waals surface area (Å²) in [6, 6.07) is 14.9. The second kappa shape index (κ2) is 15.4. The molecule has 0 spiro atoms. The summed E-state index contributed by atoms with van der Waals surface area (Å²) in [6.45, 7) is 0. The third-order valence-corrected chi connectivity index (χ3v) is 5.91. The predicted octanol–water partition coefficient (Wildman–Crippen LogP) is 6.35. The lowest BCUT2D eigenvalue weighted by atomic mass is 10.0. The SMILES string of the molecule is C1CCCCC1.COc1ccccc1C1CCC(=O)O1.NC=O.Nc1cc(C(F)(F)F)nc2ccccc12. The summed E-state index contributed by atoms with van der Waals surface area (Å²) in [5, 5.41) is 0.533. The van der Waals surface area contributed by atoms with E-state index in [1.807, 2.05) is 24.3 Å². The van der Waals surface area contributed by atoms with Crippen LogP contribution in [0, 0.1) is 0 Å². The Morgan fingerprint density at radius 2 is 1.55 bits per heavy atom. The number of alkyl halides is 3. The van der Waals surface area contributed by atoms with Gasteiger partial charge in [0.05, 0.1) is 12.6 Å². The number of ether oxygens (including phenoxy) is 2. The summed E-state index contributed by atoms with van der Waals surface area (Å²) in [4.78, 5) is 23.0. The molecule has 2 heterocycles. The van der Waals surface area contributed by atoms with Gasteiger partial charge in [-0.05, 0) is 24.6 Å². The Morgan fingerprint density at radius 1 is 1.00 bits per heavy atom. The van der Waals surface area contributed by atoms with Gasteiger partial charge in [-0.15, -0.1) is 0 Å². The first-order valence-electron chi connectivity index (χ1n) is 12.4. The topological polar surface area (TPSA) is 118 Å². The number of anilines is 1. The Bertz CT molecular complexity index is 1160. The van der Waals surface area contributed by atoms with Crippen molar-refractivity contribution in [3.8, 4) is 5.75 Å². The van der Waals surface area contributed by atoms with E-state index in [2.05, 4.69) is 10.7 Å². The lowest BCUT2D eigenvalue weighted by Crippen LogP contribution is -2.08. The molecule has 2 fully saturated rings. The first-order valence-corrected chi connectivity index (χ1v) is 12.4. The van der Waals surface area contributed by atoms with Crippen molar-refractivity contribution in [1.82, 2.24) is 4.98 Å². The molecule has 1 atom stereocenters. The van der Waals surface area contributed by atoms with Crippen LogP contribution in [0.4, 0.5) is 18.9 Å². The molecule has 1 amide bonds. The van der Waals surface area contributed by atoms with Crippen LogP contribution in [-0.4, -0.2) is 24.5 Å². The van der Waals surface area contributed by atoms with E-state index in [0.29, 0.717) is 11.8 Å². The number of carbonyl (C=O) groups excluding carboxylic acids is 2. The molecule has 1 aliphatic carbocycles. The first-order chi connectivity index (χ1) is 18.2. The van der Waals surface area contributed by atoms with Crippen LogP contribution < -0.4 is 16.2 Å². The number of methoxy groups -OCH3 is 1. The summed E-state index contributed by atoms with van der Waals surface area (Å²) < 4.78 is 47.5. The van der Waals surface area contributed by atoms with Gasteiger partial charge in [-0.2, -0.15) is 13.2 Å². The van der Waals surface area contributed by atoms with Crippen molar-refractivity contribution in [2.24, 2.45) is 5.73 Å². The smallest absolute Gasteiger partial charge is 0.433 e. The van der Waals surface area contributed by atoms with Crippen LogP contribution in [0.3, 0.4) is 0 Å². The fourth-order valence-corrected chi connectivity index (χ4v) is 4.09. The fraction of sp³-hybridized carbons (Fsp3) is 0.393. The van der Waals surface area contributed by atoms with E-state index < -0.39 is 11.9 Å². The van der Waals surface area contributed by atoms with Crippen LogP contribution in [0.25, 0.3) is 10.9 Å². The molecular weight excluding hydrogens is 499 g/mol. The highest BCUT2D eigenvalue weighted by Gasteiger charge is 2.33. The van der Waals surface area contributed by atoms with E-state index in [1.165, 1.54) is 44.6 Å². The van der Waals surface area contributed by atoms with E-state index in [9.17, 15) is 18.0 Å². The molecule has 206 valence electrons. The second-order valence-electron chi connectivity index (χ2n) is 8.63. The number of primary amides is 1. The minimum absolute atomic E-state index is 0.0907. The Kier molecular flexibility index (Phi) is 12.4. The molecule has 2 aliphatic rings. The van der Waals surface area contributed by atoms with E-state index >= 15 is 0 Å². The van der Waals surface area contributed by atoms with E-state index in [4.69, 9.17) is 20.0 Å². The third kappa shape index (κ3) is 9.57. The van der Waals surface area contributed by atoms with Gasteiger partial charge < -0.3 is 20.9 Å². The summed E-state index contributed by atoms with van der Waals surface area (Å²) >= 11 is 0. The number of para-hydroxylation sites is 2. The van der Waals surface area contributed by atoms with Crippen molar-refractivity contribution in [1.29, 1.82) is 0 Å². The molecule has 5 rings (SSSR count). The van der Waals surface area contributed by atoms with Gasteiger partial charge in [0.1, 0.15) is 17.5 Å². The number of carbonyl (C=O) groups is 2. The molecule has 1 unspecified atom stereocenters. The Hall–Kier alpha value is -3.82. The number of nitrogens with zero attached hydrogens (tertiary/aromatic N) is 1. The van der Waals surface area contributed by atoms with Gasteiger partial charge in [0, 0.05) is 23.1 Å². The zero-order chi connectivity index (χ0) is 28.0. The molecule has 3 aromatic rings. The zero-order valence-corrected chi connectivity index (χ0v) is 21.4. The largest absolute Gasteiger partial charge is 0.496 e. The van der Waals surface area contributed by atoms with Crippen LogP contribution in [0.2, 0.25) is 0 Å². The van der Waals surface area contributed by atoms with E-state index in [1.54, 1.807) is 25.3 Å². The standard InChI is InChI=1S/C11H12O3.C10H7F3N2.C6H12.CH3NO/c1-13-9-5-3-2-4-8(9)10-6-7-11(12)14-10;11-10(12,13)9-5-7(14)6-3-1-2-4-8(6)15-9;1-2-4-6-5-3-1;2-1-3/h2-5,10H,6-7H2,1H3;1-5H,(H2,14,15);1-6H2;1H,(H2,2,3). The number of nitrogen functional groups attached to an aromatic ring is 1. The Balaban J connectivity index is 0.000000203. The molecule has 38 heavy (non-hydrogen) atoms. The van der Waals surface area contributed by atoms with Crippen LogP contribution in [0.5, 0.6) is 5.75 Å². The minimum atomic E-state index is -4.46. The van der Waals surface area contributed by atoms with Gasteiger partial charge >= 0.3 is 12.1 Å². The van der Waals surface area contributed by atoms with Crippen molar-refractivity contribution < 1.29 is 32.2 Å². The van der Waals surface area contributed by atoms with E-state index in [0.717, 1.165) is 23.8 Å². The summed E-state index contributed by atoms with van der Waals surface area (Å²) in [7, 11) is 1.62. The van der Waals surface area contributed by atoms with Gasteiger partial charge in [0.15, 0.2) is 0 Å². The van der Waals surface area contributed by atoms with Gasteiger partial charge in [-0.1, -0.05) is 74.9 Å². The Morgan fingerprint density at radius 3 is 2.08 bits per heavy atom. The molecule has 10 heteroatoms. The molecule has 1 saturated carbocycles. The molecule has 0 radical (unpaired) electrons. The number of hydrogen-bond acceptors (Lipinski definition) is 6. The maximum absolute atomic E-state index is 12.4. The highest BCUT2D eigenvalue weighted by molar-refractivity contribution is 5.90. The lowest BCUT2D eigenvalue weighted by molar-refractivity contribution is -0.142. The quantitative estimate of drug-likeness (QED) is 0.293. The van der Waals surface area contributed by atoms with Crippen LogP contribution in [0.1, 0.15) is 68.7 Å². The molecule has 0 bridgehead atoms. The average molecular weight is 534 g/mol. The summed E-state index contributed by atoms with van der Waals surface area (Å²) in [5.74, 6) is 0.660. The summed E-state index contributed by atoms with van der Waals surface area (Å²) in [5.41, 5.74) is 10.0. The van der Waals surface area contributed by atoms with Crippen molar-refractivity contribution >= 4 is 29.0 Å². The normalized spacial score (nSPS) is 16.4. The van der Waals surface area contributed by atoms with Gasteiger partial charge in [0.25, 0.3) is 0 Å². The average Bonchev–Trinajstić information content (AvgIpc) is 3.36. The fourth-order valence-electron chi connectivity index (χ4n) is 4.09. The monoisotopic (exact) mass is 533 g/mol. The zero-order valence-electron chi connectivity index (χ0n) is 21.4. The lowest BCUT2D eigenvalue weighted by Gasteiger charge is -2.13. The van der Waals surface area contributed by atoms with Gasteiger partial charge in [0.2, 0.25) is 6.41 Å². The van der Waals surface area contributed by atoms with Crippen molar-refractivity contribution in [2.45, 2.75) is 63.6 Å². The number of amides is 1. The number of rotatable bonds is 2. The molecule has 1 saturated heterocycles. The third-order valence-electron chi connectivity index (χ3n) is 5.91. The number of esters is 1. The predicted molar refractivity (Wildman–Crippen MR) is 140 cm³/mol. The highest BCUT2D eigenvalue weighted by Crippen LogP contribution is 2.35. The Labute approximate surface area is 220 Å². The number of pyridine rings is 1.